The Morgan fingerprint density at radius 3 is 2.54 bits per heavy atom. The van der Waals surface area contributed by atoms with Gasteiger partial charge in [0.15, 0.2) is 0 Å². The molecule has 0 saturated heterocycles. The molecule has 140 valence electrons. The van der Waals surface area contributed by atoms with Crippen molar-refractivity contribution in [3.63, 3.8) is 0 Å². The largest absolute Gasteiger partial charge is 0.495 e. The van der Waals surface area contributed by atoms with Gasteiger partial charge in [0.2, 0.25) is 15.9 Å². The van der Waals surface area contributed by atoms with E-state index in [1.54, 1.807) is 25.1 Å². The molecule has 0 radical (unpaired) electrons. The zero-order valence-electron chi connectivity index (χ0n) is 15.1. The van der Waals surface area contributed by atoms with Crippen LogP contribution in [-0.2, 0) is 14.8 Å². The minimum Gasteiger partial charge on any atom is -0.495 e. The number of carbonyl (C=O) groups excluding carboxylic acids is 1. The van der Waals surface area contributed by atoms with E-state index in [1.807, 2.05) is 24.5 Å². The summed E-state index contributed by atoms with van der Waals surface area (Å²) < 4.78 is 32.9. The molecule has 0 aliphatic carbocycles. The third-order valence-corrected chi connectivity index (χ3v) is 6.06. The Bertz CT molecular complexity index is 898. The van der Waals surface area contributed by atoms with Crippen LogP contribution in [0.1, 0.15) is 12.5 Å². The second-order valence-electron chi connectivity index (χ2n) is 5.69. The predicted molar refractivity (Wildman–Crippen MR) is 104 cm³/mol. The van der Waals surface area contributed by atoms with Crippen LogP contribution in [0.5, 0.6) is 5.75 Å². The highest BCUT2D eigenvalue weighted by atomic mass is 32.2. The number of nitrogens with one attached hydrogen (secondary N) is 2. The second-order valence-corrected chi connectivity index (χ2v) is 8.22. The molecular weight excluding hydrogens is 372 g/mol. The summed E-state index contributed by atoms with van der Waals surface area (Å²) in [6.07, 6.45) is 1.90. The van der Waals surface area contributed by atoms with Gasteiger partial charge < -0.3 is 10.1 Å². The monoisotopic (exact) mass is 394 g/mol. The van der Waals surface area contributed by atoms with E-state index in [-0.39, 0.29) is 10.6 Å². The Balaban J connectivity index is 2.19. The van der Waals surface area contributed by atoms with Crippen LogP contribution in [0.4, 0.5) is 5.69 Å². The number of thioether (sulfide) groups is 1. The number of hydrogen-bond acceptors (Lipinski definition) is 5. The van der Waals surface area contributed by atoms with E-state index in [9.17, 15) is 13.2 Å². The number of carbonyl (C=O) groups is 1. The first kappa shape index (κ1) is 20.3. The topological polar surface area (TPSA) is 84.5 Å². The number of aryl methyl sites for hydroxylation is 1. The van der Waals surface area contributed by atoms with Gasteiger partial charge in [0, 0.05) is 4.90 Å². The first-order chi connectivity index (χ1) is 12.3. The van der Waals surface area contributed by atoms with E-state index in [1.165, 1.54) is 31.9 Å². The van der Waals surface area contributed by atoms with Crippen molar-refractivity contribution in [2.45, 2.75) is 29.7 Å². The number of benzene rings is 2. The zero-order valence-corrected chi connectivity index (χ0v) is 16.7. The molecule has 0 aliphatic heterocycles. The molecule has 0 heterocycles. The Morgan fingerprint density at radius 2 is 1.88 bits per heavy atom. The lowest BCUT2D eigenvalue weighted by molar-refractivity contribution is -0.117. The summed E-state index contributed by atoms with van der Waals surface area (Å²) in [4.78, 5) is 13.3. The lowest BCUT2D eigenvalue weighted by atomic mass is 10.2. The maximum Gasteiger partial charge on any atom is 0.244 e. The van der Waals surface area contributed by atoms with Crippen molar-refractivity contribution in [1.82, 2.24) is 4.72 Å². The first-order valence-electron chi connectivity index (χ1n) is 7.89. The van der Waals surface area contributed by atoms with E-state index < -0.39 is 22.0 Å². The van der Waals surface area contributed by atoms with E-state index >= 15 is 0 Å². The third-order valence-electron chi connectivity index (χ3n) is 3.70. The van der Waals surface area contributed by atoms with Gasteiger partial charge in [-0.1, -0.05) is 18.2 Å². The van der Waals surface area contributed by atoms with Gasteiger partial charge in [-0.2, -0.15) is 4.72 Å². The van der Waals surface area contributed by atoms with Gasteiger partial charge in [-0.05, 0) is 49.9 Å². The summed E-state index contributed by atoms with van der Waals surface area (Å²) in [5, 5.41) is 2.76. The van der Waals surface area contributed by atoms with Crippen molar-refractivity contribution < 1.29 is 17.9 Å². The van der Waals surface area contributed by atoms with Crippen molar-refractivity contribution >= 4 is 33.4 Å². The van der Waals surface area contributed by atoms with Gasteiger partial charge in [-0.15, -0.1) is 11.8 Å². The molecule has 2 N–H and O–H groups in total. The van der Waals surface area contributed by atoms with E-state index in [4.69, 9.17) is 4.74 Å². The fourth-order valence-electron chi connectivity index (χ4n) is 2.33. The number of para-hydroxylation sites is 1. The summed E-state index contributed by atoms with van der Waals surface area (Å²) >= 11 is 1.50. The van der Waals surface area contributed by atoms with Gasteiger partial charge in [0.05, 0.1) is 18.8 Å². The molecule has 0 unspecified atom stereocenters. The number of amides is 1. The highest BCUT2D eigenvalue weighted by Crippen LogP contribution is 2.26. The second kappa shape index (κ2) is 8.57. The molecule has 0 aromatic heterocycles. The number of sulfonamides is 1. The summed E-state index contributed by atoms with van der Waals surface area (Å²) in [6.45, 7) is 3.28. The highest BCUT2D eigenvalue weighted by molar-refractivity contribution is 7.98. The molecule has 2 aromatic carbocycles. The first-order valence-corrected chi connectivity index (χ1v) is 10.6. The van der Waals surface area contributed by atoms with E-state index in [0.717, 1.165) is 10.5 Å². The van der Waals surface area contributed by atoms with Crippen molar-refractivity contribution in [3.05, 3.63) is 48.0 Å². The molecule has 0 aliphatic rings. The Labute approximate surface area is 158 Å². The summed E-state index contributed by atoms with van der Waals surface area (Å²) in [6, 6.07) is 11.2. The normalized spacial score (nSPS) is 12.5. The minimum atomic E-state index is -3.92. The van der Waals surface area contributed by atoms with Crippen LogP contribution in [0.25, 0.3) is 0 Å². The maximum absolute atomic E-state index is 12.7. The molecule has 8 heteroatoms. The molecular formula is C18H22N2O4S2. The zero-order chi connectivity index (χ0) is 19.3. The smallest absolute Gasteiger partial charge is 0.244 e. The van der Waals surface area contributed by atoms with E-state index in [0.29, 0.717) is 5.69 Å². The van der Waals surface area contributed by atoms with Crippen LogP contribution in [-0.4, -0.2) is 33.7 Å². The van der Waals surface area contributed by atoms with Gasteiger partial charge in [-0.25, -0.2) is 8.42 Å². The molecule has 1 atom stereocenters. The predicted octanol–water partition coefficient (Wildman–Crippen LogP) is 3.03. The van der Waals surface area contributed by atoms with Crippen LogP contribution in [0.2, 0.25) is 0 Å². The minimum absolute atomic E-state index is 0.00386. The van der Waals surface area contributed by atoms with E-state index in [2.05, 4.69) is 10.0 Å². The van der Waals surface area contributed by atoms with Gasteiger partial charge >= 0.3 is 0 Å². The fourth-order valence-corrected chi connectivity index (χ4v) is 4.34. The van der Waals surface area contributed by atoms with Crippen LogP contribution in [0.3, 0.4) is 0 Å². The van der Waals surface area contributed by atoms with Crippen LogP contribution < -0.4 is 14.8 Å². The molecule has 0 fully saturated rings. The SMILES string of the molecule is COc1ccc(C)cc1S(=O)(=O)N[C@H](C)C(=O)Nc1ccccc1SC. The lowest BCUT2D eigenvalue weighted by Gasteiger charge is -2.17. The third kappa shape index (κ3) is 4.78. The molecule has 0 spiro atoms. The number of methoxy groups -OCH3 is 1. The fraction of sp³-hybridized carbons (Fsp3) is 0.278. The summed E-state index contributed by atoms with van der Waals surface area (Å²) in [5.41, 5.74) is 1.42. The Kier molecular flexibility index (Phi) is 6.69. The summed E-state index contributed by atoms with van der Waals surface area (Å²) in [7, 11) is -2.52. The molecule has 1 amide bonds. The molecule has 0 saturated carbocycles. The average molecular weight is 395 g/mol. The highest BCUT2D eigenvalue weighted by Gasteiger charge is 2.25. The van der Waals surface area contributed by atoms with Crippen molar-refractivity contribution in [3.8, 4) is 5.75 Å². The van der Waals surface area contributed by atoms with Crippen molar-refractivity contribution in [2.24, 2.45) is 0 Å². The molecule has 2 aromatic rings. The Hall–Kier alpha value is -2.03. The maximum atomic E-state index is 12.7. The number of anilines is 1. The van der Waals surface area contributed by atoms with Crippen LogP contribution in [0, 0.1) is 6.92 Å². The standard InChI is InChI=1S/C18H22N2O4S2/c1-12-9-10-15(24-3)17(11-12)26(22,23)20-13(2)18(21)19-14-7-5-6-8-16(14)25-4/h5-11,13,20H,1-4H3,(H,19,21)/t13-/m1/s1. The average Bonchev–Trinajstić information content (AvgIpc) is 2.61. The number of rotatable bonds is 7. The van der Waals surface area contributed by atoms with Crippen molar-refractivity contribution in [1.29, 1.82) is 0 Å². The quantitative estimate of drug-likeness (QED) is 0.705. The van der Waals surface area contributed by atoms with Crippen molar-refractivity contribution in [2.75, 3.05) is 18.7 Å². The number of hydrogen-bond donors (Lipinski definition) is 2. The number of ether oxygens (including phenoxy) is 1. The van der Waals surface area contributed by atoms with Gasteiger partial charge in [0.1, 0.15) is 10.6 Å². The summed E-state index contributed by atoms with van der Waals surface area (Å²) in [5.74, 6) is -0.217. The molecule has 0 bridgehead atoms. The lowest BCUT2D eigenvalue weighted by Crippen LogP contribution is -2.41. The Morgan fingerprint density at radius 1 is 1.19 bits per heavy atom. The van der Waals surface area contributed by atoms with Gasteiger partial charge in [-0.3, -0.25) is 4.79 Å². The molecule has 2 rings (SSSR count). The van der Waals surface area contributed by atoms with Crippen LogP contribution >= 0.6 is 11.8 Å². The molecule has 26 heavy (non-hydrogen) atoms. The molecule has 6 nitrogen and oxygen atoms in total. The van der Waals surface area contributed by atoms with Gasteiger partial charge in [0.25, 0.3) is 0 Å². The van der Waals surface area contributed by atoms with Crippen LogP contribution in [0.15, 0.2) is 52.3 Å².